The lowest BCUT2D eigenvalue weighted by atomic mass is 9.91. The van der Waals surface area contributed by atoms with Crippen LogP contribution in [0.3, 0.4) is 0 Å². The molecule has 9 heteroatoms. The molecule has 5 nitrogen and oxygen atoms in total. The van der Waals surface area contributed by atoms with Gasteiger partial charge in [-0.25, -0.2) is 14.4 Å². The molecule has 2 N–H and O–H groups in total. The van der Waals surface area contributed by atoms with Gasteiger partial charge in [0.2, 0.25) is 5.95 Å². The van der Waals surface area contributed by atoms with Gasteiger partial charge in [-0.1, -0.05) is 6.07 Å². The van der Waals surface area contributed by atoms with Crippen LogP contribution in [0.15, 0.2) is 36.7 Å². The Balaban J connectivity index is 2.05. The number of aromatic nitrogens is 3. The van der Waals surface area contributed by atoms with Gasteiger partial charge in [-0.3, -0.25) is 4.40 Å². The quantitative estimate of drug-likeness (QED) is 0.667. The van der Waals surface area contributed by atoms with E-state index in [2.05, 4.69) is 15.3 Å². The van der Waals surface area contributed by atoms with Crippen molar-refractivity contribution in [2.24, 2.45) is 0 Å². The minimum atomic E-state index is -4.79. The number of fused-ring (bicyclic) bond motifs is 1. The first-order valence-electron chi connectivity index (χ1n) is 8.13. The third-order valence-electron chi connectivity index (χ3n) is 4.13. The Morgan fingerprint density at radius 2 is 1.89 bits per heavy atom. The molecule has 0 radical (unpaired) electrons. The highest BCUT2D eigenvalue weighted by Crippen LogP contribution is 2.35. The van der Waals surface area contributed by atoms with E-state index in [4.69, 9.17) is 0 Å². The molecule has 144 valence electrons. The number of nitrogens with zero attached hydrogens (tertiary/aromatic N) is 3. The molecular formula is C18H18F4N4O. The van der Waals surface area contributed by atoms with E-state index >= 15 is 0 Å². The summed E-state index contributed by atoms with van der Waals surface area (Å²) in [5.74, 6) is -1.07. The molecule has 2 aromatic heterocycles. The lowest BCUT2D eigenvalue weighted by Crippen LogP contribution is -2.35. The van der Waals surface area contributed by atoms with E-state index in [0.29, 0.717) is 23.4 Å². The molecule has 27 heavy (non-hydrogen) atoms. The molecule has 3 aromatic rings. The predicted molar refractivity (Wildman–Crippen MR) is 91.8 cm³/mol. The first-order chi connectivity index (χ1) is 12.5. The number of nitrogens with one attached hydrogen (secondary N) is 1. The molecule has 2 heterocycles. The molecule has 0 aliphatic heterocycles. The number of hydrogen-bond acceptors (Lipinski definition) is 4. The average molecular weight is 382 g/mol. The zero-order valence-electron chi connectivity index (χ0n) is 14.8. The molecule has 3 rings (SSSR count). The number of alkyl halides is 3. The van der Waals surface area contributed by atoms with Crippen LogP contribution in [0.1, 0.15) is 36.7 Å². The van der Waals surface area contributed by atoms with E-state index in [1.807, 2.05) is 0 Å². The molecule has 0 fully saturated rings. The van der Waals surface area contributed by atoms with Crippen molar-refractivity contribution in [2.45, 2.75) is 38.6 Å². The van der Waals surface area contributed by atoms with Crippen molar-refractivity contribution >= 4 is 11.6 Å². The van der Waals surface area contributed by atoms with Crippen LogP contribution in [0.2, 0.25) is 0 Å². The first kappa shape index (κ1) is 19.1. The van der Waals surface area contributed by atoms with Crippen LogP contribution in [0.4, 0.5) is 23.5 Å². The molecule has 0 saturated carbocycles. The summed E-state index contributed by atoms with van der Waals surface area (Å²) in [7, 11) is 0. The predicted octanol–water partition coefficient (Wildman–Crippen LogP) is 4.12. The third-order valence-corrected chi connectivity index (χ3v) is 4.13. The third kappa shape index (κ3) is 3.87. The Morgan fingerprint density at radius 1 is 1.19 bits per heavy atom. The van der Waals surface area contributed by atoms with Crippen LogP contribution in [-0.4, -0.2) is 25.1 Å². The lowest BCUT2D eigenvalue weighted by molar-refractivity contribution is -0.140. The Kier molecular flexibility index (Phi) is 4.59. The highest BCUT2D eigenvalue weighted by Gasteiger charge is 2.36. The smallest absolute Gasteiger partial charge is 0.388 e. The van der Waals surface area contributed by atoms with Gasteiger partial charge in [-0.05, 0) is 38.5 Å². The fourth-order valence-electron chi connectivity index (χ4n) is 2.88. The molecule has 0 spiro atoms. The number of halogens is 4. The summed E-state index contributed by atoms with van der Waals surface area (Å²) in [4.78, 5) is 8.53. The molecule has 1 aromatic carbocycles. The molecule has 0 unspecified atom stereocenters. The van der Waals surface area contributed by atoms with E-state index in [1.165, 1.54) is 13.8 Å². The molecule has 0 aliphatic carbocycles. The van der Waals surface area contributed by atoms with E-state index < -0.39 is 29.2 Å². The number of hydrogen-bond donors (Lipinski definition) is 2. The summed E-state index contributed by atoms with van der Waals surface area (Å²) >= 11 is 0. The fraction of sp³-hybridized carbons (Fsp3) is 0.333. The number of aliphatic hydroxyl groups is 1. The van der Waals surface area contributed by atoms with Gasteiger partial charge in [0.05, 0.1) is 17.2 Å². The molecule has 1 atom stereocenters. The number of anilines is 1. The Hall–Kier alpha value is -2.68. The van der Waals surface area contributed by atoms with Crippen molar-refractivity contribution in [1.29, 1.82) is 0 Å². The van der Waals surface area contributed by atoms with Gasteiger partial charge in [0.1, 0.15) is 11.5 Å². The van der Waals surface area contributed by atoms with Crippen molar-refractivity contribution in [3.8, 4) is 0 Å². The molecule has 0 bridgehead atoms. The summed E-state index contributed by atoms with van der Waals surface area (Å²) in [5.41, 5.74) is -1.36. The second kappa shape index (κ2) is 6.49. The second-order valence-electron chi connectivity index (χ2n) is 6.84. The molecular weight excluding hydrogens is 364 g/mol. The highest BCUT2D eigenvalue weighted by atomic mass is 19.4. The summed E-state index contributed by atoms with van der Waals surface area (Å²) in [6.07, 6.45) is -1.57. The normalized spacial score (nSPS) is 13.8. The number of rotatable bonds is 4. The summed E-state index contributed by atoms with van der Waals surface area (Å²) in [6, 6.07) is 3.42. The number of benzene rings is 1. The van der Waals surface area contributed by atoms with E-state index in [9.17, 15) is 22.7 Å². The van der Waals surface area contributed by atoms with Crippen LogP contribution in [0.5, 0.6) is 0 Å². The monoisotopic (exact) mass is 382 g/mol. The molecule has 0 amide bonds. The number of aryl methyl sites for hydroxylation is 1. The van der Waals surface area contributed by atoms with Crippen molar-refractivity contribution in [3.05, 3.63) is 59.3 Å². The van der Waals surface area contributed by atoms with Crippen LogP contribution in [0.25, 0.3) is 5.65 Å². The minimum absolute atomic E-state index is 0.157. The molecule has 0 saturated heterocycles. The average Bonchev–Trinajstić information content (AvgIpc) is 2.98. The number of imidazole rings is 1. The second-order valence-corrected chi connectivity index (χ2v) is 6.84. The summed E-state index contributed by atoms with van der Waals surface area (Å²) in [6.45, 7) is 4.71. The maximum atomic E-state index is 14.0. The summed E-state index contributed by atoms with van der Waals surface area (Å²) < 4.78 is 54.1. The van der Waals surface area contributed by atoms with Gasteiger partial charge in [-0.2, -0.15) is 13.2 Å². The van der Waals surface area contributed by atoms with Gasteiger partial charge in [0, 0.05) is 24.2 Å². The van der Waals surface area contributed by atoms with Gasteiger partial charge >= 0.3 is 6.18 Å². The Bertz CT molecular complexity index is 976. The van der Waals surface area contributed by atoms with Gasteiger partial charge in [-0.15, -0.1) is 0 Å². The largest absolute Gasteiger partial charge is 0.419 e. The van der Waals surface area contributed by atoms with Gasteiger partial charge in [0.25, 0.3) is 0 Å². The highest BCUT2D eigenvalue weighted by molar-refractivity contribution is 5.48. The van der Waals surface area contributed by atoms with Crippen molar-refractivity contribution in [2.75, 3.05) is 5.32 Å². The van der Waals surface area contributed by atoms with Gasteiger partial charge < -0.3 is 10.4 Å². The Morgan fingerprint density at radius 3 is 2.48 bits per heavy atom. The van der Waals surface area contributed by atoms with Crippen molar-refractivity contribution in [3.63, 3.8) is 0 Å². The zero-order chi connectivity index (χ0) is 20.0. The zero-order valence-corrected chi connectivity index (χ0v) is 14.8. The first-order valence-corrected chi connectivity index (χ1v) is 8.13. The lowest BCUT2D eigenvalue weighted by Gasteiger charge is -2.31. The molecule has 0 aliphatic rings. The van der Waals surface area contributed by atoms with Crippen LogP contribution in [0, 0.1) is 12.7 Å². The van der Waals surface area contributed by atoms with E-state index in [1.54, 1.807) is 29.8 Å². The van der Waals surface area contributed by atoms with E-state index in [0.717, 1.165) is 12.1 Å². The van der Waals surface area contributed by atoms with E-state index in [-0.39, 0.29) is 5.56 Å². The summed E-state index contributed by atoms with van der Waals surface area (Å²) in [5, 5.41) is 13.5. The SMILES string of the molecule is Cc1cc2nccn2c(N[C@H](c2ccc(C(F)(F)F)c(F)c2)C(C)(C)O)n1. The van der Waals surface area contributed by atoms with Crippen LogP contribution < -0.4 is 5.32 Å². The van der Waals surface area contributed by atoms with Crippen molar-refractivity contribution in [1.82, 2.24) is 14.4 Å². The topological polar surface area (TPSA) is 62.5 Å². The van der Waals surface area contributed by atoms with Crippen LogP contribution >= 0.6 is 0 Å². The standard InChI is InChI=1S/C18H18F4N4O/c1-10-8-14-23-6-7-26(14)16(24-10)25-15(17(2,3)27)11-4-5-12(13(19)9-11)18(20,21)22/h4-9,15,27H,1-3H3,(H,24,25)/t15-/m1/s1. The van der Waals surface area contributed by atoms with Gasteiger partial charge in [0.15, 0.2) is 0 Å². The minimum Gasteiger partial charge on any atom is -0.388 e. The maximum Gasteiger partial charge on any atom is 0.419 e. The Labute approximate surface area is 152 Å². The fourth-order valence-corrected chi connectivity index (χ4v) is 2.88. The van der Waals surface area contributed by atoms with Crippen LogP contribution in [-0.2, 0) is 6.18 Å². The maximum absolute atomic E-state index is 14.0. The van der Waals surface area contributed by atoms with Crippen molar-refractivity contribution < 1.29 is 22.7 Å².